The normalized spacial score (nSPS) is 11.0. The van der Waals surface area contributed by atoms with Crippen LogP contribution >= 0.6 is 11.3 Å². The van der Waals surface area contributed by atoms with Gasteiger partial charge in [0, 0.05) is 11.9 Å². The summed E-state index contributed by atoms with van der Waals surface area (Å²) >= 11 is 1.62. The summed E-state index contributed by atoms with van der Waals surface area (Å²) in [7, 11) is 0. The third-order valence-corrected chi connectivity index (χ3v) is 3.99. The van der Waals surface area contributed by atoms with Gasteiger partial charge < -0.3 is 15.2 Å². The molecule has 1 aromatic carbocycles. The summed E-state index contributed by atoms with van der Waals surface area (Å²) < 4.78 is 5.27. The third-order valence-electron chi connectivity index (χ3n) is 3.12. The van der Waals surface area contributed by atoms with Crippen LogP contribution in [0.25, 0.3) is 21.6 Å². The Balaban J connectivity index is 1.86. The number of aliphatic hydroxyl groups is 1. The number of thiophene rings is 1. The Morgan fingerprint density at radius 1 is 1.09 bits per heavy atom. The summed E-state index contributed by atoms with van der Waals surface area (Å²) in [6, 6.07) is 12.0. The van der Waals surface area contributed by atoms with Gasteiger partial charge in [0.1, 0.15) is 5.82 Å². The highest BCUT2D eigenvalue weighted by molar-refractivity contribution is 7.13. The summed E-state index contributed by atoms with van der Waals surface area (Å²) in [6.45, 7) is 1.55. The number of aromatic nitrogens is 2. The van der Waals surface area contributed by atoms with Crippen LogP contribution in [-0.4, -0.2) is 41.4 Å². The monoisotopic (exact) mass is 315 g/mol. The van der Waals surface area contributed by atoms with Crippen LogP contribution in [0, 0.1) is 0 Å². The predicted molar refractivity (Wildman–Crippen MR) is 89.2 cm³/mol. The maximum absolute atomic E-state index is 8.70. The number of nitrogens with zero attached hydrogens (tertiary/aromatic N) is 2. The second-order valence-electron chi connectivity index (χ2n) is 4.65. The van der Waals surface area contributed by atoms with Gasteiger partial charge in [0.2, 0.25) is 0 Å². The van der Waals surface area contributed by atoms with Crippen molar-refractivity contribution in [3.8, 4) is 10.7 Å². The van der Waals surface area contributed by atoms with Crippen LogP contribution in [-0.2, 0) is 4.74 Å². The highest BCUT2D eigenvalue weighted by Gasteiger charge is 2.09. The lowest BCUT2D eigenvalue weighted by Gasteiger charge is -2.10. The molecule has 0 amide bonds. The fraction of sp³-hybridized carbons (Fsp3) is 0.250. The van der Waals surface area contributed by atoms with Crippen molar-refractivity contribution in [3.63, 3.8) is 0 Å². The molecule has 0 atom stereocenters. The Kier molecular flexibility index (Phi) is 4.95. The van der Waals surface area contributed by atoms with Gasteiger partial charge in [-0.25, -0.2) is 9.97 Å². The van der Waals surface area contributed by atoms with E-state index in [4.69, 9.17) is 9.84 Å². The van der Waals surface area contributed by atoms with Crippen LogP contribution in [0.5, 0.6) is 0 Å². The van der Waals surface area contributed by atoms with E-state index in [1.807, 2.05) is 41.8 Å². The fourth-order valence-corrected chi connectivity index (χ4v) is 2.79. The zero-order valence-electron chi connectivity index (χ0n) is 12.0. The lowest BCUT2D eigenvalue weighted by Crippen LogP contribution is -2.12. The Morgan fingerprint density at radius 2 is 2.00 bits per heavy atom. The van der Waals surface area contributed by atoms with E-state index < -0.39 is 0 Å². The number of hydrogen-bond acceptors (Lipinski definition) is 6. The molecule has 2 aromatic heterocycles. The lowest BCUT2D eigenvalue weighted by atomic mass is 10.2. The molecule has 3 rings (SSSR count). The average molecular weight is 315 g/mol. The van der Waals surface area contributed by atoms with Crippen molar-refractivity contribution in [1.29, 1.82) is 0 Å². The Labute approximate surface area is 132 Å². The van der Waals surface area contributed by atoms with Gasteiger partial charge in [0.05, 0.1) is 30.2 Å². The summed E-state index contributed by atoms with van der Waals surface area (Å²) in [6.07, 6.45) is 0. The maximum Gasteiger partial charge on any atom is 0.172 e. The molecule has 0 aliphatic rings. The molecule has 22 heavy (non-hydrogen) atoms. The van der Waals surface area contributed by atoms with Crippen LogP contribution < -0.4 is 5.32 Å². The zero-order valence-corrected chi connectivity index (χ0v) is 12.8. The van der Waals surface area contributed by atoms with Crippen molar-refractivity contribution >= 4 is 28.1 Å². The highest BCUT2D eigenvalue weighted by Crippen LogP contribution is 2.27. The molecule has 2 heterocycles. The molecule has 0 bridgehead atoms. The van der Waals surface area contributed by atoms with Crippen LogP contribution in [0.1, 0.15) is 0 Å². The molecule has 2 N–H and O–H groups in total. The SMILES string of the molecule is OCCOCCNc1nc(-c2cccs2)nc2ccccc12. The van der Waals surface area contributed by atoms with E-state index in [-0.39, 0.29) is 6.61 Å². The minimum atomic E-state index is 0.0406. The van der Waals surface area contributed by atoms with Crippen molar-refractivity contribution in [2.45, 2.75) is 0 Å². The third kappa shape index (κ3) is 3.41. The van der Waals surface area contributed by atoms with Gasteiger partial charge >= 0.3 is 0 Å². The quantitative estimate of drug-likeness (QED) is 0.656. The van der Waals surface area contributed by atoms with E-state index in [0.717, 1.165) is 27.4 Å². The van der Waals surface area contributed by atoms with Crippen LogP contribution in [0.2, 0.25) is 0 Å². The zero-order chi connectivity index (χ0) is 15.2. The lowest BCUT2D eigenvalue weighted by molar-refractivity contribution is 0.0992. The highest BCUT2D eigenvalue weighted by atomic mass is 32.1. The molecule has 0 radical (unpaired) electrons. The van der Waals surface area contributed by atoms with Gasteiger partial charge in [-0.3, -0.25) is 0 Å². The predicted octanol–water partition coefficient (Wildman–Crippen LogP) is 2.78. The van der Waals surface area contributed by atoms with Crippen molar-refractivity contribution in [2.75, 3.05) is 31.7 Å². The fourth-order valence-electron chi connectivity index (χ4n) is 2.14. The van der Waals surface area contributed by atoms with E-state index >= 15 is 0 Å². The van der Waals surface area contributed by atoms with Crippen LogP contribution in [0.15, 0.2) is 41.8 Å². The first kappa shape index (κ1) is 14.9. The number of fused-ring (bicyclic) bond motifs is 1. The van der Waals surface area contributed by atoms with Gasteiger partial charge in [-0.1, -0.05) is 18.2 Å². The molecule has 5 nitrogen and oxygen atoms in total. The maximum atomic E-state index is 8.70. The smallest absolute Gasteiger partial charge is 0.172 e. The largest absolute Gasteiger partial charge is 0.394 e. The number of benzene rings is 1. The molecule has 6 heteroatoms. The first-order valence-electron chi connectivity index (χ1n) is 7.11. The topological polar surface area (TPSA) is 67.3 Å². The molecule has 3 aromatic rings. The average Bonchev–Trinajstić information content (AvgIpc) is 3.09. The first-order chi connectivity index (χ1) is 10.9. The van der Waals surface area contributed by atoms with Gasteiger partial charge in [0.15, 0.2) is 5.82 Å². The number of ether oxygens (including phenoxy) is 1. The molecule has 0 unspecified atom stereocenters. The molecule has 0 spiro atoms. The molecule has 0 aliphatic heterocycles. The van der Waals surface area contributed by atoms with Crippen molar-refractivity contribution in [3.05, 3.63) is 41.8 Å². The summed E-state index contributed by atoms with van der Waals surface area (Å²) in [5.74, 6) is 1.54. The van der Waals surface area contributed by atoms with Gasteiger partial charge in [-0.2, -0.15) is 0 Å². The Bertz CT molecular complexity index is 731. The van der Waals surface area contributed by atoms with E-state index in [9.17, 15) is 0 Å². The minimum absolute atomic E-state index is 0.0406. The number of anilines is 1. The van der Waals surface area contributed by atoms with Gasteiger partial charge in [-0.05, 0) is 23.6 Å². The number of rotatable bonds is 7. The first-order valence-corrected chi connectivity index (χ1v) is 7.99. The number of nitrogens with one attached hydrogen (secondary N) is 1. The molecule has 0 saturated heterocycles. The minimum Gasteiger partial charge on any atom is -0.394 e. The van der Waals surface area contributed by atoms with Crippen molar-refractivity contribution in [1.82, 2.24) is 9.97 Å². The van der Waals surface area contributed by atoms with E-state index in [1.54, 1.807) is 11.3 Å². The van der Waals surface area contributed by atoms with Crippen LogP contribution in [0.4, 0.5) is 5.82 Å². The number of hydrogen-bond donors (Lipinski definition) is 2. The molecule has 0 aliphatic carbocycles. The standard InChI is InChI=1S/C16H17N3O2S/c20-8-10-21-9-7-17-15-12-4-1-2-5-13(12)18-16(19-15)14-6-3-11-22-14/h1-6,11,20H,7-10H2,(H,17,18,19). The van der Waals surface area contributed by atoms with Crippen molar-refractivity contribution in [2.24, 2.45) is 0 Å². The van der Waals surface area contributed by atoms with Gasteiger partial charge in [0.25, 0.3) is 0 Å². The van der Waals surface area contributed by atoms with E-state index in [2.05, 4.69) is 15.3 Å². The number of aliphatic hydroxyl groups excluding tert-OH is 1. The Hall–Kier alpha value is -2.02. The summed E-state index contributed by atoms with van der Waals surface area (Å²) in [5, 5.41) is 15.0. The summed E-state index contributed by atoms with van der Waals surface area (Å²) in [5.41, 5.74) is 0.916. The molecular weight excluding hydrogens is 298 g/mol. The summed E-state index contributed by atoms with van der Waals surface area (Å²) in [4.78, 5) is 10.3. The van der Waals surface area contributed by atoms with E-state index in [0.29, 0.717) is 19.8 Å². The molecular formula is C16H17N3O2S. The molecule has 0 fully saturated rings. The molecule has 0 saturated carbocycles. The van der Waals surface area contributed by atoms with Crippen LogP contribution in [0.3, 0.4) is 0 Å². The second kappa shape index (κ2) is 7.31. The second-order valence-corrected chi connectivity index (χ2v) is 5.60. The number of para-hydroxylation sites is 1. The van der Waals surface area contributed by atoms with Gasteiger partial charge in [-0.15, -0.1) is 11.3 Å². The Morgan fingerprint density at radius 3 is 2.82 bits per heavy atom. The molecule has 114 valence electrons. The van der Waals surface area contributed by atoms with Crippen molar-refractivity contribution < 1.29 is 9.84 Å². The van der Waals surface area contributed by atoms with E-state index in [1.165, 1.54) is 0 Å².